The molecule has 0 spiro atoms. The third-order valence-electron chi connectivity index (χ3n) is 4.85. The second-order valence-electron chi connectivity index (χ2n) is 6.57. The van der Waals surface area contributed by atoms with Gasteiger partial charge in [-0.3, -0.25) is 4.79 Å². The number of aromatic nitrogens is 1. The molecule has 0 atom stereocenters. The van der Waals surface area contributed by atoms with E-state index in [-0.39, 0.29) is 5.91 Å². The lowest BCUT2D eigenvalue weighted by atomic mass is 10.0. The maximum absolute atomic E-state index is 13.0. The van der Waals surface area contributed by atoms with Gasteiger partial charge in [-0.2, -0.15) is 13.2 Å². The zero-order valence-electron chi connectivity index (χ0n) is 13.9. The van der Waals surface area contributed by atoms with Crippen molar-refractivity contribution in [2.45, 2.75) is 25.6 Å². The minimum atomic E-state index is -4.36. The summed E-state index contributed by atoms with van der Waals surface area (Å²) in [6.07, 6.45) is -3.48. The number of fused-ring (bicyclic) bond motifs is 3. The Bertz CT molecular complexity index is 960. The summed E-state index contributed by atoms with van der Waals surface area (Å²) in [5, 5.41) is 0.602. The average Bonchev–Trinajstić information content (AvgIpc) is 2.98. The predicted molar refractivity (Wildman–Crippen MR) is 92.6 cm³/mol. The summed E-state index contributed by atoms with van der Waals surface area (Å²) < 4.78 is 38.9. The molecule has 134 valence electrons. The van der Waals surface area contributed by atoms with Crippen LogP contribution in [0.3, 0.4) is 0 Å². The van der Waals surface area contributed by atoms with Gasteiger partial charge in [0.25, 0.3) is 0 Å². The van der Waals surface area contributed by atoms with E-state index in [2.05, 4.69) is 4.98 Å². The van der Waals surface area contributed by atoms with Crippen LogP contribution < -0.4 is 0 Å². The van der Waals surface area contributed by atoms with Gasteiger partial charge in [-0.05, 0) is 35.7 Å². The highest BCUT2D eigenvalue weighted by atomic mass is 19.4. The van der Waals surface area contributed by atoms with E-state index in [0.717, 1.165) is 22.9 Å². The highest BCUT2D eigenvalue weighted by Gasteiger charge is 2.31. The SMILES string of the molecule is O=C(Cc1ccccc1)N1CCc2c([nH]c3ccc(C(F)(F)F)cc23)C1. The van der Waals surface area contributed by atoms with E-state index in [1.54, 1.807) is 4.90 Å². The fraction of sp³-hybridized carbons (Fsp3) is 0.250. The minimum absolute atomic E-state index is 0.0245. The number of carbonyl (C=O) groups is 1. The number of nitrogens with zero attached hydrogens (tertiary/aromatic N) is 1. The standard InChI is InChI=1S/C20H17F3N2O/c21-20(22,23)14-6-7-17-16(11-14)15-8-9-25(12-18(15)24-17)19(26)10-13-4-2-1-3-5-13/h1-7,11,24H,8-10,12H2. The van der Waals surface area contributed by atoms with Gasteiger partial charge in [-0.15, -0.1) is 0 Å². The summed E-state index contributed by atoms with van der Waals surface area (Å²) in [5.41, 5.74) is 2.70. The van der Waals surface area contributed by atoms with Gasteiger partial charge in [0.05, 0.1) is 18.5 Å². The van der Waals surface area contributed by atoms with Crippen LogP contribution in [0.5, 0.6) is 0 Å². The van der Waals surface area contributed by atoms with Crippen molar-refractivity contribution in [3.8, 4) is 0 Å². The highest BCUT2D eigenvalue weighted by molar-refractivity contribution is 5.86. The van der Waals surface area contributed by atoms with Gasteiger partial charge in [-0.25, -0.2) is 0 Å². The second kappa shape index (κ2) is 6.20. The van der Waals surface area contributed by atoms with Gasteiger partial charge in [0.2, 0.25) is 5.91 Å². The molecule has 0 radical (unpaired) electrons. The summed E-state index contributed by atoms with van der Waals surface area (Å²) in [5.74, 6) is 0.0245. The van der Waals surface area contributed by atoms with E-state index in [1.807, 2.05) is 30.3 Å². The second-order valence-corrected chi connectivity index (χ2v) is 6.57. The Morgan fingerprint density at radius 1 is 1.12 bits per heavy atom. The molecule has 6 heteroatoms. The molecule has 0 saturated carbocycles. The molecule has 1 aromatic heterocycles. The van der Waals surface area contributed by atoms with Crippen LogP contribution in [-0.4, -0.2) is 22.3 Å². The molecule has 0 bridgehead atoms. The highest BCUT2D eigenvalue weighted by Crippen LogP contribution is 2.34. The van der Waals surface area contributed by atoms with E-state index in [4.69, 9.17) is 0 Å². The van der Waals surface area contributed by atoms with Crippen molar-refractivity contribution in [1.82, 2.24) is 9.88 Å². The van der Waals surface area contributed by atoms with E-state index in [0.29, 0.717) is 36.8 Å². The Morgan fingerprint density at radius 2 is 1.88 bits per heavy atom. The monoisotopic (exact) mass is 358 g/mol. The van der Waals surface area contributed by atoms with Gasteiger partial charge < -0.3 is 9.88 Å². The molecular formula is C20H17F3N2O. The first-order valence-corrected chi connectivity index (χ1v) is 8.44. The maximum Gasteiger partial charge on any atom is 0.416 e. The van der Waals surface area contributed by atoms with Crippen molar-refractivity contribution in [2.75, 3.05) is 6.54 Å². The Kier molecular flexibility index (Phi) is 3.98. The van der Waals surface area contributed by atoms with Crippen LogP contribution in [0.4, 0.5) is 13.2 Å². The quantitative estimate of drug-likeness (QED) is 0.728. The number of amides is 1. The fourth-order valence-corrected chi connectivity index (χ4v) is 3.51. The number of carbonyl (C=O) groups excluding carboxylic acids is 1. The third kappa shape index (κ3) is 3.07. The molecule has 3 nitrogen and oxygen atoms in total. The molecular weight excluding hydrogens is 341 g/mol. The van der Waals surface area contributed by atoms with Crippen molar-refractivity contribution >= 4 is 16.8 Å². The number of nitrogens with one attached hydrogen (secondary N) is 1. The molecule has 0 fully saturated rings. The Labute approximate surface area is 148 Å². The van der Waals surface area contributed by atoms with Crippen molar-refractivity contribution < 1.29 is 18.0 Å². The number of hydrogen-bond acceptors (Lipinski definition) is 1. The Hall–Kier alpha value is -2.76. The van der Waals surface area contributed by atoms with Gasteiger partial charge in [0.15, 0.2) is 0 Å². The average molecular weight is 358 g/mol. The number of alkyl halides is 3. The first-order valence-electron chi connectivity index (χ1n) is 8.44. The maximum atomic E-state index is 13.0. The Morgan fingerprint density at radius 3 is 2.62 bits per heavy atom. The molecule has 1 aliphatic heterocycles. The van der Waals surface area contributed by atoms with Gasteiger partial charge in [-0.1, -0.05) is 30.3 Å². The molecule has 2 aromatic carbocycles. The van der Waals surface area contributed by atoms with E-state index in [9.17, 15) is 18.0 Å². The lowest BCUT2D eigenvalue weighted by Gasteiger charge is -2.27. The normalized spacial score (nSPS) is 14.5. The van der Waals surface area contributed by atoms with E-state index in [1.165, 1.54) is 12.1 Å². The van der Waals surface area contributed by atoms with Gasteiger partial charge in [0, 0.05) is 23.1 Å². The molecule has 26 heavy (non-hydrogen) atoms. The predicted octanol–water partition coefficient (Wildman–Crippen LogP) is 4.31. The van der Waals surface area contributed by atoms with Crippen LogP contribution in [0.2, 0.25) is 0 Å². The Balaban J connectivity index is 1.58. The summed E-state index contributed by atoms with van der Waals surface area (Å²) in [7, 11) is 0. The molecule has 1 aliphatic rings. The zero-order chi connectivity index (χ0) is 18.3. The molecule has 3 aromatic rings. The lowest BCUT2D eigenvalue weighted by Crippen LogP contribution is -2.36. The minimum Gasteiger partial charge on any atom is -0.357 e. The number of halogens is 3. The summed E-state index contributed by atoms with van der Waals surface area (Å²) in [6, 6.07) is 13.3. The largest absolute Gasteiger partial charge is 0.416 e. The van der Waals surface area contributed by atoms with Crippen LogP contribution in [0, 0.1) is 0 Å². The summed E-state index contributed by atoms with van der Waals surface area (Å²) >= 11 is 0. The van der Waals surface area contributed by atoms with Crippen LogP contribution in [0.15, 0.2) is 48.5 Å². The number of rotatable bonds is 2. The van der Waals surface area contributed by atoms with Gasteiger partial charge >= 0.3 is 6.18 Å². The first-order chi connectivity index (χ1) is 12.4. The molecule has 1 N–H and O–H groups in total. The molecule has 0 unspecified atom stereocenters. The van der Waals surface area contributed by atoms with Crippen molar-refractivity contribution in [3.63, 3.8) is 0 Å². The number of benzene rings is 2. The summed E-state index contributed by atoms with van der Waals surface area (Å²) in [4.78, 5) is 17.5. The smallest absolute Gasteiger partial charge is 0.357 e. The topological polar surface area (TPSA) is 36.1 Å². The summed E-state index contributed by atoms with van der Waals surface area (Å²) in [6.45, 7) is 0.916. The van der Waals surface area contributed by atoms with Crippen LogP contribution in [0.1, 0.15) is 22.4 Å². The first kappa shape index (κ1) is 16.7. The van der Waals surface area contributed by atoms with Crippen molar-refractivity contribution in [1.29, 1.82) is 0 Å². The van der Waals surface area contributed by atoms with Gasteiger partial charge in [0.1, 0.15) is 0 Å². The zero-order valence-corrected chi connectivity index (χ0v) is 13.9. The van der Waals surface area contributed by atoms with E-state index < -0.39 is 11.7 Å². The van der Waals surface area contributed by atoms with Crippen LogP contribution in [0.25, 0.3) is 10.9 Å². The van der Waals surface area contributed by atoms with Crippen LogP contribution >= 0.6 is 0 Å². The molecule has 1 amide bonds. The fourth-order valence-electron chi connectivity index (χ4n) is 3.51. The molecule has 0 aliphatic carbocycles. The lowest BCUT2D eigenvalue weighted by molar-refractivity contribution is -0.137. The number of hydrogen-bond donors (Lipinski definition) is 1. The van der Waals surface area contributed by atoms with Crippen LogP contribution in [-0.2, 0) is 30.4 Å². The van der Waals surface area contributed by atoms with Crippen molar-refractivity contribution in [3.05, 3.63) is 70.9 Å². The molecule has 0 saturated heterocycles. The van der Waals surface area contributed by atoms with Crippen molar-refractivity contribution in [2.24, 2.45) is 0 Å². The number of H-pyrrole nitrogens is 1. The third-order valence-corrected chi connectivity index (χ3v) is 4.85. The molecule has 4 rings (SSSR count). The number of aromatic amines is 1. The molecule has 2 heterocycles. The van der Waals surface area contributed by atoms with E-state index >= 15 is 0 Å².